The van der Waals surface area contributed by atoms with Gasteiger partial charge in [-0.05, 0) is 44.9 Å². The number of nitrogens with zero attached hydrogens (tertiary/aromatic N) is 1. The highest BCUT2D eigenvalue weighted by Gasteiger charge is 2.46. The quantitative estimate of drug-likeness (QED) is 0.884. The highest BCUT2D eigenvalue weighted by Crippen LogP contribution is 2.41. The zero-order chi connectivity index (χ0) is 14.2. The van der Waals surface area contributed by atoms with Crippen molar-refractivity contribution in [2.75, 3.05) is 26.1 Å². The number of benzene rings is 1. The average Bonchev–Trinajstić information content (AvgIpc) is 2.70. The van der Waals surface area contributed by atoms with Crippen LogP contribution < -0.4 is 10.1 Å². The Kier molecular flexibility index (Phi) is 3.61. The highest BCUT2D eigenvalue weighted by atomic mass is 16.5. The minimum atomic E-state index is -0.190. The number of aliphatic hydroxyl groups is 1. The highest BCUT2D eigenvalue weighted by molar-refractivity contribution is 5.50. The van der Waals surface area contributed by atoms with E-state index in [0.29, 0.717) is 12.1 Å². The molecule has 110 valence electrons. The molecule has 2 heterocycles. The van der Waals surface area contributed by atoms with Crippen molar-refractivity contribution in [1.82, 2.24) is 4.90 Å². The maximum atomic E-state index is 9.97. The summed E-state index contributed by atoms with van der Waals surface area (Å²) in [6.45, 7) is 0.186. The first-order valence-electron chi connectivity index (χ1n) is 7.41. The molecule has 1 aromatic carbocycles. The van der Waals surface area contributed by atoms with E-state index in [1.165, 1.54) is 12.8 Å². The van der Waals surface area contributed by atoms with Crippen molar-refractivity contribution in [2.45, 2.75) is 43.3 Å². The molecule has 1 aromatic rings. The van der Waals surface area contributed by atoms with Crippen molar-refractivity contribution in [2.24, 2.45) is 0 Å². The number of anilines is 1. The first-order valence-corrected chi connectivity index (χ1v) is 7.41. The van der Waals surface area contributed by atoms with Crippen LogP contribution >= 0.6 is 0 Å². The van der Waals surface area contributed by atoms with E-state index in [-0.39, 0.29) is 12.1 Å². The van der Waals surface area contributed by atoms with Gasteiger partial charge in [0.25, 0.3) is 0 Å². The van der Waals surface area contributed by atoms with Crippen LogP contribution in [-0.4, -0.2) is 48.4 Å². The third-order valence-electron chi connectivity index (χ3n) is 5.02. The molecule has 4 heteroatoms. The molecule has 3 rings (SSSR count). The summed E-state index contributed by atoms with van der Waals surface area (Å²) in [4.78, 5) is 2.49. The Morgan fingerprint density at radius 2 is 2.05 bits per heavy atom. The number of aliphatic hydroxyl groups excluding tert-OH is 1. The zero-order valence-corrected chi connectivity index (χ0v) is 12.3. The summed E-state index contributed by atoms with van der Waals surface area (Å²) >= 11 is 0. The normalized spacial score (nSPS) is 33.1. The van der Waals surface area contributed by atoms with Gasteiger partial charge < -0.3 is 20.1 Å². The lowest BCUT2D eigenvalue weighted by Crippen LogP contribution is -2.55. The van der Waals surface area contributed by atoms with Gasteiger partial charge in [0.2, 0.25) is 0 Å². The van der Waals surface area contributed by atoms with Crippen LogP contribution in [0.5, 0.6) is 5.75 Å². The van der Waals surface area contributed by atoms with E-state index in [0.717, 1.165) is 24.3 Å². The van der Waals surface area contributed by atoms with Gasteiger partial charge >= 0.3 is 0 Å². The third kappa shape index (κ3) is 2.38. The van der Waals surface area contributed by atoms with Crippen LogP contribution in [0.2, 0.25) is 0 Å². The third-order valence-corrected chi connectivity index (χ3v) is 5.02. The van der Waals surface area contributed by atoms with E-state index in [2.05, 4.69) is 17.3 Å². The SMILES string of the molecule is COc1cccc(NC2(CO)CC3CCC(C2)N3C)c1. The molecule has 0 aromatic heterocycles. The van der Waals surface area contributed by atoms with Crippen LogP contribution in [0.15, 0.2) is 24.3 Å². The molecule has 2 fully saturated rings. The van der Waals surface area contributed by atoms with Gasteiger partial charge in [0.1, 0.15) is 5.75 Å². The van der Waals surface area contributed by atoms with Crippen molar-refractivity contribution >= 4 is 5.69 Å². The molecule has 0 saturated carbocycles. The van der Waals surface area contributed by atoms with Crippen LogP contribution in [0.3, 0.4) is 0 Å². The monoisotopic (exact) mass is 276 g/mol. The molecule has 2 aliphatic rings. The summed E-state index contributed by atoms with van der Waals surface area (Å²) < 4.78 is 5.27. The Bertz CT molecular complexity index is 463. The van der Waals surface area contributed by atoms with Crippen LogP contribution in [0.25, 0.3) is 0 Å². The van der Waals surface area contributed by atoms with Gasteiger partial charge in [-0.2, -0.15) is 0 Å². The van der Waals surface area contributed by atoms with Gasteiger partial charge in [-0.3, -0.25) is 0 Å². The summed E-state index contributed by atoms with van der Waals surface area (Å²) in [5.41, 5.74) is 0.840. The van der Waals surface area contributed by atoms with E-state index >= 15 is 0 Å². The largest absolute Gasteiger partial charge is 0.497 e. The smallest absolute Gasteiger partial charge is 0.120 e. The predicted molar refractivity (Wildman–Crippen MR) is 80.2 cm³/mol. The molecule has 2 aliphatic heterocycles. The summed E-state index contributed by atoms with van der Waals surface area (Å²) in [5.74, 6) is 0.846. The van der Waals surface area contributed by atoms with E-state index < -0.39 is 0 Å². The number of hydrogen-bond acceptors (Lipinski definition) is 4. The molecule has 20 heavy (non-hydrogen) atoms. The second-order valence-electron chi connectivity index (χ2n) is 6.25. The van der Waals surface area contributed by atoms with Gasteiger partial charge in [-0.1, -0.05) is 6.07 Å². The average molecular weight is 276 g/mol. The lowest BCUT2D eigenvalue weighted by Gasteiger charge is -2.45. The molecule has 2 N–H and O–H groups in total. The Balaban J connectivity index is 1.80. The molecule has 2 unspecified atom stereocenters. The fourth-order valence-corrected chi connectivity index (χ4v) is 3.85. The summed E-state index contributed by atoms with van der Waals surface area (Å²) in [5, 5.41) is 13.6. The lowest BCUT2D eigenvalue weighted by molar-refractivity contribution is 0.0833. The number of hydrogen-bond donors (Lipinski definition) is 2. The maximum Gasteiger partial charge on any atom is 0.120 e. The van der Waals surface area contributed by atoms with Crippen molar-refractivity contribution < 1.29 is 9.84 Å². The summed E-state index contributed by atoms with van der Waals surface area (Å²) in [6, 6.07) is 9.15. The molecule has 2 saturated heterocycles. The lowest BCUT2D eigenvalue weighted by atomic mass is 9.83. The molecule has 2 bridgehead atoms. The molecular weight excluding hydrogens is 252 g/mol. The molecule has 0 amide bonds. The number of nitrogens with one attached hydrogen (secondary N) is 1. The Morgan fingerprint density at radius 1 is 1.35 bits per heavy atom. The second-order valence-corrected chi connectivity index (χ2v) is 6.25. The minimum Gasteiger partial charge on any atom is -0.497 e. The van der Waals surface area contributed by atoms with E-state index in [1.807, 2.05) is 24.3 Å². The Morgan fingerprint density at radius 3 is 2.65 bits per heavy atom. The Hall–Kier alpha value is -1.26. The fourth-order valence-electron chi connectivity index (χ4n) is 3.85. The first kappa shape index (κ1) is 13.7. The van der Waals surface area contributed by atoms with Crippen molar-refractivity contribution in [1.29, 1.82) is 0 Å². The van der Waals surface area contributed by atoms with Gasteiger partial charge in [-0.15, -0.1) is 0 Å². The molecule has 0 radical (unpaired) electrons. The van der Waals surface area contributed by atoms with Gasteiger partial charge in [0, 0.05) is 23.8 Å². The number of methoxy groups -OCH3 is 1. The van der Waals surface area contributed by atoms with Crippen LogP contribution in [0.4, 0.5) is 5.69 Å². The molecule has 2 atom stereocenters. The molecule has 0 spiro atoms. The van der Waals surface area contributed by atoms with Gasteiger partial charge in [-0.25, -0.2) is 0 Å². The van der Waals surface area contributed by atoms with Crippen LogP contribution in [0, 0.1) is 0 Å². The topological polar surface area (TPSA) is 44.7 Å². The predicted octanol–water partition coefficient (Wildman–Crippen LogP) is 2.09. The number of rotatable bonds is 4. The fraction of sp³-hybridized carbons (Fsp3) is 0.625. The van der Waals surface area contributed by atoms with Crippen molar-refractivity contribution in [3.63, 3.8) is 0 Å². The Labute approximate surface area is 120 Å². The van der Waals surface area contributed by atoms with Crippen LogP contribution in [0.1, 0.15) is 25.7 Å². The first-order chi connectivity index (χ1) is 9.65. The summed E-state index contributed by atoms with van der Waals surface area (Å²) in [7, 11) is 3.89. The molecular formula is C16H24N2O2. The maximum absolute atomic E-state index is 9.97. The number of fused-ring (bicyclic) bond motifs is 2. The van der Waals surface area contributed by atoms with Crippen LogP contribution in [-0.2, 0) is 0 Å². The zero-order valence-electron chi connectivity index (χ0n) is 12.3. The molecule has 4 nitrogen and oxygen atoms in total. The molecule has 0 aliphatic carbocycles. The summed E-state index contributed by atoms with van der Waals surface area (Å²) in [6.07, 6.45) is 4.52. The van der Waals surface area contributed by atoms with E-state index in [9.17, 15) is 5.11 Å². The van der Waals surface area contributed by atoms with E-state index in [4.69, 9.17) is 4.74 Å². The van der Waals surface area contributed by atoms with Gasteiger partial charge in [0.05, 0.1) is 19.3 Å². The van der Waals surface area contributed by atoms with E-state index in [1.54, 1.807) is 7.11 Å². The standard InChI is InChI=1S/C16H24N2O2/c1-18-13-6-7-14(18)10-16(9-13,11-19)17-12-4-3-5-15(8-12)20-2/h3-5,8,13-14,17,19H,6-7,9-11H2,1-2H3. The van der Waals surface area contributed by atoms with Crippen molar-refractivity contribution in [3.8, 4) is 5.75 Å². The minimum absolute atomic E-state index is 0.186. The number of piperidine rings is 1. The second kappa shape index (κ2) is 5.26. The number of ether oxygens (including phenoxy) is 1. The van der Waals surface area contributed by atoms with Gasteiger partial charge in [0.15, 0.2) is 0 Å². The van der Waals surface area contributed by atoms with Crippen molar-refractivity contribution in [3.05, 3.63) is 24.3 Å².